The van der Waals surface area contributed by atoms with Gasteiger partial charge in [0.05, 0.1) is 19.3 Å². The average molecular weight is 1180 g/mol. The lowest BCUT2D eigenvalue weighted by Gasteiger charge is -2.39. The van der Waals surface area contributed by atoms with Crippen molar-refractivity contribution in [2.45, 2.75) is 215 Å². The van der Waals surface area contributed by atoms with Crippen molar-refractivity contribution in [3.05, 3.63) is 12.2 Å². The number of nitrogens with zero attached hydrogens (tertiary/aromatic N) is 7. The summed E-state index contributed by atoms with van der Waals surface area (Å²) >= 11 is 0. The summed E-state index contributed by atoms with van der Waals surface area (Å²) in [6, 6.07) is -11.4. The van der Waals surface area contributed by atoms with Crippen molar-refractivity contribution in [3.63, 3.8) is 0 Å². The molecule has 83 heavy (non-hydrogen) atoms. The third-order valence-corrected chi connectivity index (χ3v) is 16.1. The van der Waals surface area contributed by atoms with Gasteiger partial charge < -0.3 is 60.5 Å². The predicted octanol–water partition coefficient (Wildman–Crippen LogP) is 2.63. The van der Waals surface area contributed by atoms with Gasteiger partial charge in [0, 0.05) is 61.5 Å². The summed E-state index contributed by atoms with van der Waals surface area (Å²) in [5, 5.41) is 23.2. The first-order valence-electron chi connectivity index (χ1n) is 30.0. The largest absolute Gasteiger partial charge is 0.390 e. The van der Waals surface area contributed by atoms with E-state index >= 15 is 0 Å². The fourth-order valence-electron chi connectivity index (χ4n) is 9.69. The number of aliphatic hydroxyl groups excluding tert-OH is 1. The van der Waals surface area contributed by atoms with Crippen LogP contribution in [-0.4, -0.2) is 241 Å². The van der Waals surface area contributed by atoms with E-state index in [4.69, 9.17) is 4.74 Å². The topological polar surface area (TPSA) is 271 Å². The van der Waals surface area contributed by atoms with Crippen LogP contribution in [0.25, 0.3) is 0 Å². The highest BCUT2D eigenvalue weighted by Crippen LogP contribution is 2.22. The molecule has 5 N–H and O–H groups in total. The monoisotopic (exact) mass is 1180 g/mol. The van der Waals surface area contributed by atoms with Crippen LogP contribution in [0.15, 0.2) is 12.2 Å². The maximum atomic E-state index is 14.7. The van der Waals surface area contributed by atoms with Crippen LogP contribution in [0.1, 0.15) is 148 Å². The van der Waals surface area contributed by atoms with Crippen LogP contribution in [0.2, 0.25) is 0 Å². The van der Waals surface area contributed by atoms with Gasteiger partial charge in [-0.15, -0.1) is 0 Å². The number of ether oxygens (including phenoxy) is 1. The molecule has 0 aromatic rings. The van der Waals surface area contributed by atoms with Gasteiger partial charge in [0.15, 0.2) is 0 Å². The smallest absolute Gasteiger partial charge is 0.247 e. The van der Waals surface area contributed by atoms with Crippen LogP contribution in [0.4, 0.5) is 0 Å². The summed E-state index contributed by atoms with van der Waals surface area (Å²) in [4.78, 5) is 153. The number of allylic oxidation sites excluding steroid dienone is 2. The third kappa shape index (κ3) is 22.7. The van der Waals surface area contributed by atoms with Crippen LogP contribution in [0, 0.1) is 23.7 Å². The number of amides is 10. The lowest BCUT2D eigenvalue weighted by Crippen LogP contribution is -2.62. The summed E-state index contributed by atoms with van der Waals surface area (Å²) < 4.78 is 5.92. The summed E-state index contributed by atoms with van der Waals surface area (Å²) in [6.07, 6.45) is 6.46. The normalized spacial score (nSPS) is 27.2. The van der Waals surface area contributed by atoms with E-state index in [2.05, 4.69) is 21.3 Å². The van der Waals surface area contributed by atoms with Crippen LogP contribution in [0.5, 0.6) is 0 Å². The number of likely N-dealkylation sites (N-methyl/N-ethyl adjacent to an activating group) is 7. The van der Waals surface area contributed by atoms with E-state index in [1.807, 2.05) is 60.6 Å². The lowest BCUT2D eigenvalue weighted by atomic mass is 9.92. The van der Waals surface area contributed by atoms with E-state index in [-0.39, 0.29) is 51.0 Å². The molecule has 1 fully saturated rings. The van der Waals surface area contributed by atoms with Gasteiger partial charge >= 0.3 is 0 Å². The van der Waals surface area contributed by atoms with E-state index in [9.17, 15) is 53.1 Å². The minimum absolute atomic E-state index is 0.143. The molecule has 0 aromatic heterocycles. The van der Waals surface area contributed by atoms with E-state index in [1.165, 1.54) is 94.5 Å². The Bertz CT molecular complexity index is 2180. The zero-order valence-electron chi connectivity index (χ0n) is 54.4. The Morgan fingerprint density at radius 3 is 1.70 bits per heavy atom. The molecule has 0 spiro atoms. The van der Waals surface area contributed by atoms with Crippen LogP contribution < -0.4 is 21.3 Å². The number of unbranched alkanes of at least 4 members (excludes halogenated alkanes) is 2. The van der Waals surface area contributed by atoms with Gasteiger partial charge in [0.25, 0.3) is 0 Å². The van der Waals surface area contributed by atoms with Crippen molar-refractivity contribution < 1.29 is 57.8 Å². The lowest BCUT2D eigenvalue weighted by molar-refractivity contribution is -0.155. The van der Waals surface area contributed by atoms with Gasteiger partial charge in [0.1, 0.15) is 54.4 Å². The minimum Gasteiger partial charge on any atom is -0.390 e. The summed E-state index contributed by atoms with van der Waals surface area (Å²) in [5.41, 5.74) is 0. The molecule has 0 saturated carbocycles. The molecule has 23 nitrogen and oxygen atoms in total. The number of hydrogen-bond donors (Lipinski definition) is 5. The molecule has 1 rings (SSSR count). The van der Waals surface area contributed by atoms with Crippen LogP contribution in [-0.2, 0) is 52.7 Å². The maximum absolute atomic E-state index is 14.7. The van der Waals surface area contributed by atoms with Crippen LogP contribution >= 0.6 is 0 Å². The molecule has 1 heterocycles. The summed E-state index contributed by atoms with van der Waals surface area (Å²) in [5.74, 6) is -7.29. The molecule has 1 saturated heterocycles. The van der Waals surface area contributed by atoms with Crippen molar-refractivity contribution >= 4 is 59.1 Å². The van der Waals surface area contributed by atoms with Crippen molar-refractivity contribution in [1.29, 1.82) is 0 Å². The highest BCUT2D eigenvalue weighted by molar-refractivity contribution is 5.98. The average Bonchev–Trinajstić information content (AvgIpc) is 3.59. The molecule has 476 valence electrons. The first kappa shape index (κ1) is 75.3. The zero-order chi connectivity index (χ0) is 63.9. The van der Waals surface area contributed by atoms with Gasteiger partial charge in [-0.1, -0.05) is 87.3 Å². The molecule has 0 radical (unpaired) electrons. The van der Waals surface area contributed by atoms with Gasteiger partial charge in [-0.05, 0) is 104 Å². The predicted molar refractivity (Wildman–Crippen MR) is 321 cm³/mol. The first-order chi connectivity index (χ1) is 38.6. The number of carbonyl (C=O) groups excluding carboxylic acids is 10. The van der Waals surface area contributed by atoms with Crippen molar-refractivity contribution in [1.82, 2.24) is 55.6 Å². The second-order valence-corrected chi connectivity index (χ2v) is 24.2. The summed E-state index contributed by atoms with van der Waals surface area (Å²) in [6.45, 7) is 24.5. The Kier molecular flexibility index (Phi) is 32.9. The Morgan fingerprint density at radius 1 is 0.602 bits per heavy atom. The highest BCUT2D eigenvalue weighted by atomic mass is 16.5. The minimum atomic E-state index is -1.44. The fourth-order valence-corrected chi connectivity index (χ4v) is 9.69. The number of aliphatic hydroxyl groups is 1. The van der Waals surface area contributed by atoms with Crippen molar-refractivity contribution in [2.24, 2.45) is 23.7 Å². The fraction of sp³-hybridized carbons (Fsp3) is 0.800. The zero-order valence-corrected chi connectivity index (χ0v) is 54.4. The van der Waals surface area contributed by atoms with Gasteiger partial charge in [0.2, 0.25) is 59.1 Å². The number of nitrogens with one attached hydrogen (secondary N) is 4. The molecular weight excluding hydrogens is 1070 g/mol. The van der Waals surface area contributed by atoms with Gasteiger partial charge in [-0.25, -0.2) is 0 Å². The maximum Gasteiger partial charge on any atom is 0.247 e. The molecule has 10 amide bonds. The molecule has 23 heteroatoms. The highest BCUT2D eigenvalue weighted by Gasteiger charge is 2.43. The van der Waals surface area contributed by atoms with Gasteiger partial charge in [-0.2, -0.15) is 0 Å². The SMILES string of the molecule is CC=CCC(C)C(O)C1C(=O)NC(CC)CN(C)CC(=O)N(C)C(CCC(C)C)C(=O)NC(C(C)C)C(=O)N(C)C(C)C(=O)NC(C)C(=O)NC(COCCCCC)C(=O)N(C)C(CC(C)C)C(=O)N(C)C(C)C(=O)N(C)C(C)C(=O)N1C. The van der Waals surface area contributed by atoms with E-state index in [0.717, 1.165) is 17.7 Å². The quantitative estimate of drug-likeness (QED) is 0.104. The molecular formula is C60H109N11O12. The molecule has 0 aromatic carbocycles. The third-order valence-electron chi connectivity index (χ3n) is 16.1. The Hall–Kier alpha value is -5.68. The molecule has 1 aliphatic rings. The molecule has 1 aliphatic heterocycles. The molecule has 12 atom stereocenters. The first-order valence-corrected chi connectivity index (χ1v) is 30.0. The standard InChI is InChI=1S/C60H109N11O12/c1-22-25-27-31-83-35-45-58(80)70(20)47(32-37(6)7)59(81)68(18)42(13)56(78)67(17)43(14)57(79)71(21)50(51(73)39(10)28-26-23-2)55(77)62-44(24-3)33-65(15)34-48(72)69(19)46(30-29-36(4)5)54(76)64-49(38(8)9)60(82)66(16)41(12)53(75)61-40(11)52(74)63-45/h23,26,36-47,49-51,73H,22,24-25,27-35H2,1-21H3,(H,61,75)(H,62,77)(H,63,74)(H,64,76). The second kappa shape index (κ2) is 36.2. The Balaban J connectivity index is 4.11. The number of hydrogen-bond acceptors (Lipinski definition) is 13. The molecule has 0 aliphatic carbocycles. The Morgan fingerprint density at radius 2 is 1.17 bits per heavy atom. The Labute approximate surface area is 497 Å². The van der Waals surface area contributed by atoms with E-state index in [0.29, 0.717) is 25.7 Å². The molecule has 12 unspecified atom stereocenters. The van der Waals surface area contributed by atoms with Crippen molar-refractivity contribution in [2.75, 3.05) is 75.6 Å². The van der Waals surface area contributed by atoms with Gasteiger partial charge in [-0.3, -0.25) is 52.8 Å². The van der Waals surface area contributed by atoms with Crippen molar-refractivity contribution in [3.8, 4) is 0 Å². The second-order valence-electron chi connectivity index (χ2n) is 24.2. The summed E-state index contributed by atoms with van der Waals surface area (Å²) in [7, 11) is 10.3. The number of rotatable bonds is 17. The van der Waals surface area contributed by atoms with Crippen LogP contribution in [0.3, 0.4) is 0 Å². The number of carbonyl (C=O) groups is 10. The van der Waals surface area contributed by atoms with E-state index < -0.39 is 137 Å². The molecule has 0 bridgehead atoms. The van der Waals surface area contributed by atoms with E-state index in [1.54, 1.807) is 32.7 Å².